The quantitative estimate of drug-likeness (QED) is 0.297. The molecular formula is C24H20FN5O4. The molecule has 0 spiro atoms. The molecule has 172 valence electrons. The number of ether oxygens (including phenoxy) is 1. The van der Waals surface area contributed by atoms with Crippen molar-refractivity contribution in [2.75, 3.05) is 36.5 Å². The zero-order valence-corrected chi connectivity index (χ0v) is 17.9. The van der Waals surface area contributed by atoms with E-state index in [2.05, 4.69) is 20.5 Å². The van der Waals surface area contributed by atoms with E-state index in [4.69, 9.17) is 9.15 Å². The molecule has 0 bridgehead atoms. The molecule has 0 atom stereocenters. The van der Waals surface area contributed by atoms with Crippen LogP contribution < -0.4 is 10.2 Å². The zero-order chi connectivity index (χ0) is 23.5. The molecule has 34 heavy (non-hydrogen) atoms. The van der Waals surface area contributed by atoms with Gasteiger partial charge in [0.25, 0.3) is 5.88 Å². The van der Waals surface area contributed by atoms with Gasteiger partial charge in [0.15, 0.2) is 5.82 Å². The Morgan fingerprint density at radius 1 is 1.06 bits per heavy atom. The van der Waals surface area contributed by atoms with E-state index in [0.29, 0.717) is 66.0 Å². The lowest BCUT2D eigenvalue weighted by atomic mass is 10.1. The third-order valence-corrected chi connectivity index (χ3v) is 5.36. The average molecular weight is 461 g/mol. The van der Waals surface area contributed by atoms with Crippen LogP contribution in [0, 0.1) is 10.7 Å². The van der Waals surface area contributed by atoms with Crippen LogP contribution in [0.4, 0.5) is 27.5 Å². The summed E-state index contributed by atoms with van der Waals surface area (Å²) in [5.41, 5.74) is 1.57. The lowest BCUT2D eigenvalue weighted by Crippen LogP contribution is -2.36. The van der Waals surface area contributed by atoms with Crippen molar-refractivity contribution in [2.45, 2.75) is 0 Å². The van der Waals surface area contributed by atoms with Crippen molar-refractivity contribution in [3.63, 3.8) is 0 Å². The van der Waals surface area contributed by atoms with Gasteiger partial charge in [0.05, 0.1) is 24.4 Å². The van der Waals surface area contributed by atoms with Crippen LogP contribution in [0.25, 0.3) is 23.1 Å². The number of aromatic hydroxyl groups is 1. The van der Waals surface area contributed by atoms with Gasteiger partial charge in [0, 0.05) is 41.5 Å². The maximum atomic E-state index is 15.1. The number of aromatic nitrogens is 2. The molecular weight excluding hydrogens is 441 g/mol. The highest BCUT2D eigenvalue weighted by molar-refractivity contribution is 5.94. The molecule has 0 unspecified atom stereocenters. The predicted molar refractivity (Wildman–Crippen MR) is 127 cm³/mol. The summed E-state index contributed by atoms with van der Waals surface area (Å²) in [7, 11) is 0. The second-order valence-electron chi connectivity index (χ2n) is 7.62. The van der Waals surface area contributed by atoms with E-state index in [1.807, 2.05) is 4.90 Å². The number of phenolic OH excluding ortho intramolecular Hbond substituents is 1. The topological polar surface area (TPSA) is 113 Å². The van der Waals surface area contributed by atoms with E-state index >= 15 is 4.39 Å². The van der Waals surface area contributed by atoms with E-state index in [0.717, 1.165) is 0 Å². The number of rotatable bonds is 6. The molecule has 1 aliphatic heterocycles. The number of nitroso groups, excluding NO2 is 1. The van der Waals surface area contributed by atoms with Crippen LogP contribution in [0.5, 0.6) is 5.75 Å². The highest BCUT2D eigenvalue weighted by Gasteiger charge is 2.18. The van der Waals surface area contributed by atoms with Gasteiger partial charge >= 0.3 is 0 Å². The van der Waals surface area contributed by atoms with Crippen molar-refractivity contribution in [3.05, 3.63) is 70.8 Å². The van der Waals surface area contributed by atoms with E-state index in [9.17, 15) is 10.0 Å². The Labute approximate surface area is 193 Å². The maximum Gasteiger partial charge on any atom is 0.260 e. The Balaban J connectivity index is 1.58. The van der Waals surface area contributed by atoms with Gasteiger partial charge in [-0.3, -0.25) is 0 Å². The van der Waals surface area contributed by atoms with E-state index in [1.165, 1.54) is 12.1 Å². The van der Waals surface area contributed by atoms with Crippen molar-refractivity contribution in [1.29, 1.82) is 0 Å². The van der Waals surface area contributed by atoms with E-state index in [-0.39, 0.29) is 17.5 Å². The van der Waals surface area contributed by atoms with E-state index < -0.39 is 0 Å². The van der Waals surface area contributed by atoms with Gasteiger partial charge in [0.1, 0.15) is 23.1 Å². The highest BCUT2D eigenvalue weighted by atomic mass is 19.1. The fraction of sp³-hybridized carbons (Fsp3) is 0.167. The van der Waals surface area contributed by atoms with Gasteiger partial charge in [-0.05, 0) is 48.6 Å². The molecule has 2 aromatic heterocycles. The Kier molecular flexibility index (Phi) is 5.88. The smallest absolute Gasteiger partial charge is 0.260 e. The number of anilines is 3. The number of hydrogen-bond acceptors (Lipinski definition) is 9. The molecule has 9 nitrogen and oxygen atoms in total. The van der Waals surface area contributed by atoms with Gasteiger partial charge in [-0.2, -0.15) is 0 Å². The minimum Gasteiger partial charge on any atom is -0.508 e. The Morgan fingerprint density at radius 3 is 2.59 bits per heavy atom. The molecule has 0 amide bonds. The summed E-state index contributed by atoms with van der Waals surface area (Å²) >= 11 is 0. The third kappa shape index (κ3) is 4.57. The summed E-state index contributed by atoms with van der Waals surface area (Å²) in [4.78, 5) is 21.6. The summed E-state index contributed by atoms with van der Waals surface area (Å²) in [6.07, 6.45) is 3.20. The van der Waals surface area contributed by atoms with Crippen LogP contribution in [0.15, 0.2) is 58.1 Å². The Morgan fingerprint density at radius 2 is 1.85 bits per heavy atom. The monoisotopic (exact) mass is 461 g/mol. The van der Waals surface area contributed by atoms with Crippen LogP contribution in [0.2, 0.25) is 0 Å². The minimum atomic E-state index is -0.383. The molecule has 3 heterocycles. The number of nitrogens with one attached hydrogen (secondary N) is 1. The summed E-state index contributed by atoms with van der Waals surface area (Å²) < 4.78 is 25.7. The first kappa shape index (κ1) is 21.5. The van der Waals surface area contributed by atoms with E-state index in [1.54, 1.807) is 48.6 Å². The Hall–Kier alpha value is -4.31. The first-order chi connectivity index (χ1) is 16.6. The fourth-order valence-corrected chi connectivity index (χ4v) is 3.69. The molecule has 0 radical (unpaired) electrons. The summed E-state index contributed by atoms with van der Waals surface area (Å²) in [5, 5.41) is 16.2. The summed E-state index contributed by atoms with van der Waals surface area (Å²) in [5.74, 6) is 0.905. The van der Waals surface area contributed by atoms with Crippen LogP contribution in [-0.2, 0) is 4.74 Å². The first-order valence-corrected chi connectivity index (χ1v) is 10.6. The van der Waals surface area contributed by atoms with Crippen molar-refractivity contribution >= 4 is 46.1 Å². The molecule has 4 aromatic rings. The normalized spacial score (nSPS) is 14.1. The van der Waals surface area contributed by atoms with Crippen molar-refractivity contribution in [1.82, 2.24) is 9.97 Å². The second-order valence-corrected chi connectivity index (χ2v) is 7.62. The average Bonchev–Trinajstić information content (AvgIpc) is 3.32. The van der Waals surface area contributed by atoms with Crippen LogP contribution in [0.3, 0.4) is 0 Å². The third-order valence-electron chi connectivity index (χ3n) is 5.36. The predicted octanol–water partition coefficient (Wildman–Crippen LogP) is 5.22. The number of phenols is 1. The summed E-state index contributed by atoms with van der Waals surface area (Å²) in [6, 6.07) is 12.7. The molecule has 1 saturated heterocycles. The van der Waals surface area contributed by atoms with Gasteiger partial charge < -0.3 is 24.5 Å². The minimum absolute atomic E-state index is 0.0357. The first-order valence-electron chi connectivity index (χ1n) is 10.6. The number of hydrogen-bond donors (Lipinski definition) is 2. The molecule has 0 saturated carbocycles. The largest absolute Gasteiger partial charge is 0.508 e. The molecule has 10 heteroatoms. The number of halogens is 1. The fourth-order valence-electron chi connectivity index (χ4n) is 3.69. The lowest BCUT2D eigenvalue weighted by Gasteiger charge is -2.29. The maximum absolute atomic E-state index is 15.1. The number of morpholine rings is 1. The molecule has 1 fully saturated rings. The second kappa shape index (κ2) is 9.28. The molecule has 1 aliphatic rings. The van der Waals surface area contributed by atoms with Crippen molar-refractivity contribution in [2.24, 2.45) is 5.18 Å². The van der Waals surface area contributed by atoms with Gasteiger partial charge in [-0.15, -0.1) is 4.91 Å². The van der Waals surface area contributed by atoms with Crippen LogP contribution in [0.1, 0.15) is 11.6 Å². The van der Waals surface area contributed by atoms with Crippen molar-refractivity contribution in [3.8, 4) is 5.75 Å². The number of nitrogens with zero attached hydrogens (tertiary/aromatic N) is 4. The van der Waals surface area contributed by atoms with Gasteiger partial charge in [-0.25, -0.2) is 14.4 Å². The molecule has 0 aliphatic carbocycles. The van der Waals surface area contributed by atoms with Crippen LogP contribution >= 0.6 is 0 Å². The highest BCUT2D eigenvalue weighted by Crippen LogP contribution is 2.32. The molecule has 5 rings (SSSR count). The SMILES string of the molecule is O=Nc1ccc(/C=C/c2nc(Nc3ccc(O)cc3)c3cc(N4CCOCC4)c(F)cc3n2)o1. The lowest BCUT2D eigenvalue weighted by molar-refractivity contribution is 0.122. The summed E-state index contributed by atoms with van der Waals surface area (Å²) in [6.45, 7) is 2.24. The Bertz CT molecular complexity index is 1360. The number of fused-ring (bicyclic) bond motifs is 1. The zero-order valence-electron chi connectivity index (χ0n) is 17.9. The van der Waals surface area contributed by atoms with Gasteiger partial charge in [0.2, 0.25) is 0 Å². The molecule has 2 aromatic carbocycles. The standard InChI is InChI=1S/C24H20FN5O4/c25-19-14-20-18(13-21(19)30-9-11-33-12-10-30)24(26-15-1-3-16(31)4-2-15)28-22(27-20)7-5-17-6-8-23(29-32)34-17/h1-8,13-14,31H,9-12H2,(H,26,27,28)/b7-5+. The molecule has 2 N–H and O–H groups in total. The van der Waals surface area contributed by atoms with Gasteiger partial charge in [-0.1, -0.05) is 0 Å². The number of furan rings is 1. The van der Waals surface area contributed by atoms with Crippen molar-refractivity contribution < 1.29 is 18.7 Å². The number of benzene rings is 2. The van der Waals surface area contributed by atoms with Crippen LogP contribution in [-0.4, -0.2) is 41.4 Å².